The number of carbonyl (C=O) groups excluding carboxylic acids is 1. The summed E-state index contributed by atoms with van der Waals surface area (Å²) >= 11 is 0. The second kappa shape index (κ2) is 40.5. The van der Waals surface area contributed by atoms with E-state index >= 15 is 0 Å². The van der Waals surface area contributed by atoms with Gasteiger partial charge in [-0.15, -0.1) is 0 Å². The highest BCUT2D eigenvalue weighted by molar-refractivity contribution is 5.69. The first-order valence-corrected chi connectivity index (χ1v) is 26.8. The summed E-state index contributed by atoms with van der Waals surface area (Å²) in [6.45, 7) is 3.67. The van der Waals surface area contributed by atoms with Gasteiger partial charge in [0.15, 0.2) is 12.6 Å². The highest BCUT2D eigenvalue weighted by Crippen LogP contribution is 2.26. The topological polar surface area (TPSA) is 214 Å². The third-order valence-electron chi connectivity index (χ3n) is 13.0. The zero-order chi connectivity index (χ0) is 48.0. The van der Waals surface area contributed by atoms with Gasteiger partial charge in [0.1, 0.15) is 54.9 Å². The summed E-state index contributed by atoms with van der Waals surface area (Å²) in [6.07, 6.45) is 26.0. The van der Waals surface area contributed by atoms with E-state index in [0.29, 0.717) is 13.0 Å². The van der Waals surface area contributed by atoms with Gasteiger partial charge >= 0.3 is 5.97 Å². The number of aliphatic hydroxyl groups is 7. The lowest BCUT2D eigenvalue weighted by Gasteiger charge is -2.42. The predicted molar refractivity (Wildman–Crippen MR) is 257 cm³/mol. The van der Waals surface area contributed by atoms with Gasteiger partial charge in [-0.2, -0.15) is 0 Å². The SMILES string of the molecule is CCCCCCCCCC/C=C\CCCCCCCCCCCCCCCC(=O)OC(COCCCCCCCCC)COC1OC(COC2OC(CO)C(O)C(O)C2O)C(O)C(O)C1O. The third kappa shape index (κ3) is 27.8. The molecule has 2 rings (SSSR count). The minimum absolute atomic E-state index is 0.0658. The van der Waals surface area contributed by atoms with Crippen LogP contribution < -0.4 is 0 Å². The van der Waals surface area contributed by atoms with Crippen molar-refractivity contribution >= 4 is 5.97 Å². The number of hydrogen-bond donors (Lipinski definition) is 7. The average molecular weight is 947 g/mol. The van der Waals surface area contributed by atoms with Gasteiger partial charge in [-0.25, -0.2) is 0 Å². The van der Waals surface area contributed by atoms with E-state index in [1.54, 1.807) is 0 Å². The molecule has 0 bridgehead atoms. The molecule has 0 aromatic carbocycles. The molecular weight excluding hydrogens is 849 g/mol. The lowest BCUT2D eigenvalue weighted by atomic mass is 9.98. The van der Waals surface area contributed by atoms with E-state index in [-0.39, 0.29) is 25.6 Å². The van der Waals surface area contributed by atoms with Gasteiger partial charge in [0.05, 0.1) is 26.4 Å². The number of hydrogen-bond acceptors (Lipinski definition) is 14. The number of carbonyl (C=O) groups is 1. The quantitative estimate of drug-likeness (QED) is 0.0174. The fourth-order valence-electron chi connectivity index (χ4n) is 8.63. The Morgan fingerprint density at radius 2 is 0.894 bits per heavy atom. The van der Waals surface area contributed by atoms with Crippen molar-refractivity contribution in [2.24, 2.45) is 0 Å². The van der Waals surface area contributed by atoms with Crippen LogP contribution in [0.15, 0.2) is 12.2 Å². The van der Waals surface area contributed by atoms with Gasteiger partial charge in [0.2, 0.25) is 0 Å². The van der Waals surface area contributed by atoms with Crippen LogP contribution in [0.3, 0.4) is 0 Å². The van der Waals surface area contributed by atoms with E-state index in [9.17, 15) is 40.5 Å². The fourth-order valence-corrected chi connectivity index (χ4v) is 8.63. The van der Waals surface area contributed by atoms with E-state index in [0.717, 1.165) is 38.5 Å². The molecule has 14 nitrogen and oxygen atoms in total. The molecule has 0 spiro atoms. The van der Waals surface area contributed by atoms with Crippen LogP contribution in [0, 0.1) is 0 Å². The summed E-state index contributed by atoms with van der Waals surface area (Å²) in [6, 6.07) is 0. The molecule has 0 aliphatic carbocycles. The van der Waals surface area contributed by atoms with Crippen molar-refractivity contribution < 1.29 is 69.0 Å². The van der Waals surface area contributed by atoms with Gasteiger partial charge in [-0.05, 0) is 38.5 Å². The normalized spacial score (nSPS) is 26.3. The number of rotatable bonds is 43. The Kier molecular flexibility index (Phi) is 37.3. The monoisotopic (exact) mass is 947 g/mol. The Morgan fingerprint density at radius 1 is 0.485 bits per heavy atom. The van der Waals surface area contributed by atoms with Crippen molar-refractivity contribution in [1.82, 2.24) is 0 Å². The molecular formula is C52H98O14. The Labute approximate surface area is 399 Å². The number of esters is 1. The van der Waals surface area contributed by atoms with Crippen LogP contribution in [0.5, 0.6) is 0 Å². The molecule has 14 heteroatoms. The van der Waals surface area contributed by atoms with E-state index in [1.165, 1.54) is 148 Å². The number of unbranched alkanes of at least 4 members (excludes halogenated alkanes) is 27. The lowest BCUT2D eigenvalue weighted by molar-refractivity contribution is -0.332. The van der Waals surface area contributed by atoms with E-state index in [2.05, 4.69) is 26.0 Å². The van der Waals surface area contributed by atoms with Crippen molar-refractivity contribution in [3.63, 3.8) is 0 Å². The van der Waals surface area contributed by atoms with Gasteiger partial charge < -0.3 is 64.2 Å². The van der Waals surface area contributed by atoms with E-state index in [4.69, 9.17) is 28.4 Å². The molecule has 66 heavy (non-hydrogen) atoms. The molecule has 2 fully saturated rings. The highest BCUT2D eigenvalue weighted by atomic mass is 16.7. The van der Waals surface area contributed by atoms with E-state index in [1.807, 2.05) is 0 Å². The number of aliphatic hydroxyl groups excluding tert-OH is 7. The summed E-state index contributed by atoms with van der Waals surface area (Å²) in [7, 11) is 0. The van der Waals surface area contributed by atoms with Gasteiger partial charge in [-0.1, -0.05) is 180 Å². The maximum Gasteiger partial charge on any atom is 0.306 e. The van der Waals surface area contributed by atoms with Gasteiger partial charge in [0, 0.05) is 13.0 Å². The van der Waals surface area contributed by atoms with Gasteiger partial charge in [0.25, 0.3) is 0 Å². The van der Waals surface area contributed by atoms with Crippen molar-refractivity contribution in [3.05, 3.63) is 12.2 Å². The second-order valence-electron chi connectivity index (χ2n) is 19.1. The standard InChI is InChI=1S/C52H98O14/c1-3-5-7-9-11-12-13-14-15-16-17-18-19-20-21-22-23-24-25-26-27-28-29-31-33-35-44(54)64-41(38-61-36-34-32-30-10-8-6-4-2)39-62-51-50(60)48(58)46(56)43(66-51)40-63-52-49(59)47(57)45(55)42(37-53)65-52/h16-17,41-43,45-53,55-60H,3-15,18-40H2,1-2H3/b17-16-. The Hall–Kier alpha value is -1.27. The zero-order valence-corrected chi connectivity index (χ0v) is 41.4. The maximum absolute atomic E-state index is 13.0. The summed E-state index contributed by atoms with van der Waals surface area (Å²) in [5, 5.41) is 71.9. The highest BCUT2D eigenvalue weighted by Gasteiger charge is 2.47. The smallest absolute Gasteiger partial charge is 0.306 e. The summed E-state index contributed by atoms with van der Waals surface area (Å²) < 4.78 is 34.1. The Balaban J connectivity index is 1.63. The molecule has 11 atom stereocenters. The average Bonchev–Trinajstić information content (AvgIpc) is 3.31. The molecule has 0 amide bonds. The second-order valence-corrected chi connectivity index (χ2v) is 19.1. The van der Waals surface area contributed by atoms with Gasteiger partial charge in [-0.3, -0.25) is 4.79 Å². The van der Waals surface area contributed by atoms with Crippen molar-refractivity contribution in [2.45, 2.75) is 280 Å². The fraction of sp³-hybridized carbons (Fsp3) is 0.942. The third-order valence-corrected chi connectivity index (χ3v) is 13.0. The maximum atomic E-state index is 13.0. The predicted octanol–water partition coefficient (Wildman–Crippen LogP) is 8.24. The largest absolute Gasteiger partial charge is 0.457 e. The summed E-state index contributed by atoms with van der Waals surface area (Å²) in [5.74, 6) is -0.375. The first-order chi connectivity index (χ1) is 32.1. The lowest BCUT2D eigenvalue weighted by Crippen LogP contribution is -2.61. The molecule has 0 aromatic rings. The molecule has 0 saturated carbocycles. The van der Waals surface area contributed by atoms with Crippen molar-refractivity contribution in [1.29, 1.82) is 0 Å². The van der Waals surface area contributed by atoms with Crippen LogP contribution >= 0.6 is 0 Å². The first kappa shape index (κ1) is 60.9. The molecule has 2 aliphatic heterocycles. The van der Waals surface area contributed by atoms with Crippen LogP contribution in [0.2, 0.25) is 0 Å². The first-order valence-electron chi connectivity index (χ1n) is 26.8. The molecule has 0 radical (unpaired) electrons. The summed E-state index contributed by atoms with van der Waals surface area (Å²) in [4.78, 5) is 13.0. The molecule has 11 unspecified atom stereocenters. The molecule has 7 N–H and O–H groups in total. The van der Waals surface area contributed by atoms with Crippen LogP contribution in [0.4, 0.5) is 0 Å². The minimum Gasteiger partial charge on any atom is -0.457 e. The Bertz CT molecular complexity index is 1140. The molecule has 2 heterocycles. The Morgan fingerprint density at radius 3 is 1.38 bits per heavy atom. The zero-order valence-electron chi connectivity index (χ0n) is 41.4. The van der Waals surface area contributed by atoms with Crippen LogP contribution in [0.25, 0.3) is 0 Å². The van der Waals surface area contributed by atoms with Crippen LogP contribution in [-0.4, -0.2) is 142 Å². The molecule has 0 aromatic heterocycles. The number of ether oxygens (including phenoxy) is 6. The summed E-state index contributed by atoms with van der Waals surface area (Å²) in [5.41, 5.74) is 0. The van der Waals surface area contributed by atoms with Crippen molar-refractivity contribution in [3.8, 4) is 0 Å². The molecule has 2 aliphatic rings. The minimum atomic E-state index is -1.70. The molecule has 390 valence electrons. The number of allylic oxidation sites excluding steroid dienone is 2. The van der Waals surface area contributed by atoms with Crippen LogP contribution in [-0.2, 0) is 33.2 Å². The van der Waals surface area contributed by atoms with Crippen molar-refractivity contribution in [2.75, 3.05) is 33.0 Å². The molecule has 2 saturated heterocycles. The van der Waals surface area contributed by atoms with E-state index < -0.39 is 80.7 Å². The van der Waals surface area contributed by atoms with Crippen LogP contribution in [0.1, 0.15) is 213 Å².